The Hall–Kier alpha value is -3.15. The molecule has 0 aliphatic carbocycles. The van der Waals surface area contributed by atoms with Gasteiger partial charge in [-0.25, -0.2) is 4.39 Å². The zero-order valence-corrected chi connectivity index (χ0v) is 19.1. The first kappa shape index (κ1) is 22.5. The Morgan fingerprint density at radius 1 is 1.16 bits per heavy atom. The van der Waals surface area contributed by atoms with Gasteiger partial charge in [0.1, 0.15) is 35.6 Å². The van der Waals surface area contributed by atoms with Crippen LogP contribution in [0.25, 0.3) is 6.08 Å². The largest absolute Gasteiger partial charge is 0.508 e. The fourth-order valence-electron chi connectivity index (χ4n) is 2.67. The van der Waals surface area contributed by atoms with Crippen LogP contribution >= 0.6 is 31.9 Å². The van der Waals surface area contributed by atoms with E-state index in [0.29, 0.717) is 31.5 Å². The highest BCUT2D eigenvalue weighted by Gasteiger charge is 2.14. The number of benzene rings is 3. The van der Waals surface area contributed by atoms with Crippen LogP contribution in [-0.4, -0.2) is 11.0 Å². The van der Waals surface area contributed by atoms with E-state index < -0.39 is 5.91 Å². The number of hydrogen-bond donors (Lipinski definition) is 2. The van der Waals surface area contributed by atoms with Gasteiger partial charge in [-0.05, 0) is 76.1 Å². The van der Waals surface area contributed by atoms with Crippen LogP contribution < -0.4 is 10.1 Å². The number of ether oxygens (including phenoxy) is 1. The van der Waals surface area contributed by atoms with E-state index in [1.54, 1.807) is 24.3 Å². The van der Waals surface area contributed by atoms with Gasteiger partial charge in [0.15, 0.2) is 0 Å². The lowest BCUT2D eigenvalue weighted by Gasteiger charge is -2.13. The number of amides is 1. The number of phenolic OH excluding ortho intramolecular Hbond substituents is 1. The number of carbonyl (C=O) groups excluding carboxylic acids is 1. The molecule has 0 fully saturated rings. The molecule has 156 valence electrons. The third-order valence-corrected chi connectivity index (χ3v) is 5.15. The number of aromatic hydroxyl groups is 1. The van der Waals surface area contributed by atoms with Crippen LogP contribution in [0.2, 0.25) is 0 Å². The number of nitrogens with zero attached hydrogens (tertiary/aromatic N) is 1. The van der Waals surface area contributed by atoms with Gasteiger partial charge < -0.3 is 15.2 Å². The van der Waals surface area contributed by atoms with Crippen molar-refractivity contribution >= 4 is 49.5 Å². The molecule has 0 atom stereocenters. The number of rotatable bonds is 6. The Bertz CT molecular complexity index is 1190. The molecular formula is C23H15Br2FN2O3. The summed E-state index contributed by atoms with van der Waals surface area (Å²) < 4.78 is 20.6. The summed E-state index contributed by atoms with van der Waals surface area (Å²) in [6, 6.07) is 17.3. The fourth-order valence-corrected chi connectivity index (χ4v) is 4.04. The van der Waals surface area contributed by atoms with Gasteiger partial charge in [-0.3, -0.25) is 4.79 Å². The summed E-state index contributed by atoms with van der Waals surface area (Å²) in [4.78, 5) is 12.6. The van der Waals surface area contributed by atoms with Crippen molar-refractivity contribution in [3.63, 3.8) is 0 Å². The van der Waals surface area contributed by atoms with Gasteiger partial charge in [0.05, 0.1) is 4.47 Å². The lowest BCUT2D eigenvalue weighted by atomic mass is 10.1. The minimum atomic E-state index is -0.611. The highest BCUT2D eigenvalue weighted by Crippen LogP contribution is 2.35. The number of halogens is 3. The SMILES string of the molecule is N#C/C(=C\c1cc(Br)cc(Br)c1OCc1cccc(F)c1)C(=O)Nc1ccc(O)cc1. The first-order valence-corrected chi connectivity index (χ1v) is 10.5. The number of carbonyl (C=O) groups is 1. The predicted molar refractivity (Wildman–Crippen MR) is 123 cm³/mol. The molecule has 0 saturated heterocycles. The minimum Gasteiger partial charge on any atom is -0.508 e. The van der Waals surface area contributed by atoms with Gasteiger partial charge in [-0.2, -0.15) is 5.26 Å². The molecule has 0 heterocycles. The van der Waals surface area contributed by atoms with Crippen molar-refractivity contribution in [2.24, 2.45) is 0 Å². The Balaban J connectivity index is 1.88. The van der Waals surface area contributed by atoms with Gasteiger partial charge in [0, 0.05) is 15.7 Å². The van der Waals surface area contributed by atoms with E-state index in [1.165, 1.54) is 42.5 Å². The Labute approximate surface area is 195 Å². The first-order valence-electron chi connectivity index (χ1n) is 8.94. The fraction of sp³-hybridized carbons (Fsp3) is 0.0435. The van der Waals surface area contributed by atoms with Crippen LogP contribution in [0.15, 0.2) is 75.2 Å². The standard InChI is InChI=1S/C23H15Br2FN2O3/c24-17-10-15(9-16(12-27)23(30)28-19-4-6-20(29)7-5-19)22(21(25)11-17)31-13-14-2-1-3-18(26)8-14/h1-11,29H,13H2,(H,28,30)/b16-9+. The van der Waals surface area contributed by atoms with E-state index in [-0.39, 0.29) is 23.7 Å². The van der Waals surface area contributed by atoms with E-state index in [0.717, 1.165) is 0 Å². The zero-order valence-electron chi connectivity index (χ0n) is 15.9. The lowest BCUT2D eigenvalue weighted by Crippen LogP contribution is -2.13. The molecule has 8 heteroatoms. The lowest BCUT2D eigenvalue weighted by molar-refractivity contribution is -0.112. The van der Waals surface area contributed by atoms with Crippen molar-refractivity contribution in [1.29, 1.82) is 5.26 Å². The third kappa shape index (κ3) is 6.17. The van der Waals surface area contributed by atoms with Gasteiger partial charge in [0.25, 0.3) is 5.91 Å². The summed E-state index contributed by atoms with van der Waals surface area (Å²) in [6.07, 6.45) is 1.41. The van der Waals surface area contributed by atoms with Crippen molar-refractivity contribution in [2.45, 2.75) is 6.61 Å². The molecule has 3 rings (SSSR count). The van der Waals surface area contributed by atoms with Crippen molar-refractivity contribution in [1.82, 2.24) is 0 Å². The Morgan fingerprint density at radius 3 is 2.58 bits per heavy atom. The molecule has 2 N–H and O–H groups in total. The van der Waals surface area contributed by atoms with Crippen LogP contribution in [0.1, 0.15) is 11.1 Å². The molecule has 0 unspecified atom stereocenters. The maximum Gasteiger partial charge on any atom is 0.266 e. The smallest absolute Gasteiger partial charge is 0.266 e. The molecule has 0 saturated carbocycles. The Morgan fingerprint density at radius 2 is 1.90 bits per heavy atom. The van der Waals surface area contributed by atoms with E-state index in [2.05, 4.69) is 37.2 Å². The van der Waals surface area contributed by atoms with Crippen LogP contribution in [0.4, 0.5) is 10.1 Å². The summed E-state index contributed by atoms with van der Waals surface area (Å²) in [5.41, 5.74) is 1.40. The second-order valence-electron chi connectivity index (χ2n) is 6.40. The van der Waals surface area contributed by atoms with Crippen molar-refractivity contribution < 1.29 is 19.0 Å². The average molecular weight is 546 g/mol. The first-order chi connectivity index (χ1) is 14.9. The summed E-state index contributed by atoms with van der Waals surface area (Å²) in [5.74, 6) is -0.514. The maximum atomic E-state index is 13.4. The summed E-state index contributed by atoms with van der Waals surface area (Å²) in [5, 5.41) is 21.5. The maximum absolute atomic E-state index is 13.4. The molecular weight excluding hydrogens is 531 g/mol. The van der Waals surface area contributed by atoms with Crippen LogP contribution in [0, 0.1) is 17.1 Å². The molecule has 0 aliphatic rings. The van der Waals surface area contributed by atoms with Gasteiger partial charge in [-0.15, -0.1) is 0 Å². The number of phenols is 1. The second kappa shape index (κ2) is 10.2. The van der Waals surface area contributed by atoms with Crippen molar-refractivity contribution in [3.8, 4) is 17.6 Å². The molecule has 31 heavy (non-hydrogen) atoms. The summed E-state index contributed by atoms with van der Waals surface area (Å²) in [6.45, 7) is 0.0976. The van der Waals surface area contributed by atoms with E-state index in [4.69, 9.17) is 4.74 Å². The molecule has 1 amide bonds. The molecule has 3 aromatic rings. The molecule has 0 aromatic heterocycles. The topological polar surface area (TPSA) is 82.3 Å². The number of hydrogen-bond acceptors (Lipinski definition) is 4. The molecule has 0 bridgehead atoms. The van der Waals surface area contributed by atoms with Crippen molar-refractivity contribution in [2.75, 3.05) is 5.32 Å². The average Bonchev–Trinajstić information content (AvgIpc) is 2.72. The predicted octanol–water partition coefficient (Wildman–Crippen LogP) is 6.18. The quantitative estimate of drug-likeness (QED) is 0.220. The zero-order chi connectivity index (χ0) is 22.4. The molecule has 0 aliphatic heterocycles. The molecule has 0 radical (unpaired) electrons. The molecule has 5 nitrogen and oxygen atoms in total. The molecule has 3 aromatic carbocycles. The van der Waals surface area contributed by atoms with E-state index in [9.17, 15) is 19.6 Å². The minimum absolute atomic E-state index is 0.0631. The third-order valence-electron chi connectivity index (χ3n) is 4.10. The van der Waals surface area contributed by atoms with Gasteiger partial charge in [0.2, 0.25) is 0 Å². The Kier molecular flexibility index (Phi) is 7.45. The normalized spacial score (nSPS) is 11.0. The highest BCUT2D eigenvalue weighted by atomic mass is 79.9. The van der Waals surface area contributed by atoms with Gasteiger partial charge in [-0.1, -0.05) is 28.1 Å². The highest BCUT2D eigenvalue weighted by molar-refractivity contribution is 9.11. The number of nitrogens with one attached hydrogen (secondary N) is 1. The summed E-state index contributed by atoms with van der Waals surface area (Å²) >= 11 is 6.82. The van der Waals surface area contributed by atoms with Gasteiger partial charge >= 0.3 is 0 Å². The second-order valence-corrected chi connectivity index (χ2v) is 8.17. The van der Waals surface area contributed by atoms with Crippen LogP contribution in [0.3, 0.4) is 0 Å². The van der Waals surface area contributed by atoms with Crippen LogP contribution in [0.5, 0.6) is 11.5 Å². The van der Waals surface area contributed by atoms with E-state index in [1.807, 2.05) is 6.07 Å². The summed E-state index contributed by atoms with van der Waals surface area (Å²) in [7, 11) is 0. The van der Waals surface area contributed by atoms with E-state index >= 15 is 0 Å². The van der Waals surface area contributed by atoms with Crippen molar-refractivity contribution in [3.05, 3.63) is 92.1 Å². The molecule has 0 spiro atoms. The van der Waals surface area contributed by atoms with Crippen LogP contribution in [-0.2, 0) is 11.4 Å². The number of nitriles is 1. The monoisotopic (exact) mass is 544 g/mol. The number of anilines is 1.